The zero-order chi connectivity index (χ0) is 14.5. The fourth-order valence-electron chi connectivity index (χ4n) is 1.66. The topological polar surface area (TPSA) is 90.1 Å². The van der Waals surface area contributed by atoms with E-state index in [0.29, 0.717) is 13.1 Å². The fraction of sp³-hybridized carbons (Fsp3) is 0.167. The van der Waals surface area contributed by atoms with Gasteiger partial charge >= 0.3 is 0 Å². The van der Waals surface area contributed by atoms with Gasteiger partial charge in [0.15, 0.2) is 0 Å². The van der Waals surface area contributed by atoms with Crippen LogP contribution in [-0.4, -0.2) is 26.9 Å². The molecule has 1 N–H and O–H groups in total. The van der Waals surface area contributed by atoms with Crippen LogP contribution in [0.15, 0.2) is 36.8 Å². The molecule has 0 fully saturated rings. The third-order valence-corrected chi connectivity index (χ3v) is 2.82. The van der Waals surface area contributed by atoms with Crippen LogP contribution >= 0.6 is 11.6 Å². The zero-order valence-corrected chi connectivity index (χ0v) is 11.1. The minimum absolute atomic E-state index is 0.0335. The Balaban J connectivity index is 2.05. The van der Waals surface area contributed by atoms with Gasteiger partial charge in [-0.05, 0) is 18.2 Å². The van der Waals surface area contributed by atoms with Gasteiger partial charge < -0.3 is 9.88 Å². The molecule has 0 atom stereocenters. The first-order valence-corrected chi connectivity index (χ1v) is 6.14. The molecule has 8 heteroatoms. The number of aromatic nitrogens is 2. The standard InChI is InChI=1S/C12H11ClN4O3/c13-11-7-9(10(8-15-11)17(19)20)12(18)14-3-6-16-4-1-2-5-16/h1-2,4-5,7-8H,3,6H2,(H,14,18). The van der Waals surface area contributed by atoms with Gasteiger partial charge in [-0.15, -0.1) is 0 Å². The third-order valence-electron chi connectivity index (χ3n) is 2.61. The number of carbonyl (C=O) groups is 1. The maximum absolute atomic E-state index is 11.9. The zero-order valence-electron chi connectivity index (χ0n) is 10.3. The molecule has 0 aliphatic heterocycles. The van der Waals surface area contributed by atoms with Crippen LogP contribution in [0.5, 0.6) is 0 Å². The highest BCUT2D eigenvalue weighted by Gasteiger charge is 2.20. The number of nitrogens with one attached hydrogen (secondary N) is 1. The molecule has 0 saturated heterocycles. The minimum Gasteiger partial charge on any atom is -0.353 e. The van der Waals surface area contributed by atoms with Crippen molar-refractivity contribution in [3.05, 3.63) is 57.6 Å². The number of halogens is 1. The fourth-order valence-corrected chi connectivity index (χ4v) is 1.82. The number of nitrogens with zero attached hydrogens (tertiary/aromatic N) is 3. The highest BCUT2D eigenvalue weighted by Crippen LogP contribution is 2.20. The van der Waals surface area contributed by atoms with Crippen molar-refractivity contribution in [3.63, 3.8) is 0 Å². The first-order valence-electron chi connectivity index (χ1n) is 5.77. The predicted octanol–water partition coefficient (Wildman–Crippen LogP) is 1.87. The first-order chi connectivity index (χ1) is 9.58. The maximum Gasteiger partial charge on any atom is 0.300 e. The normalized spacial score (nSPS) is 10.2. The molecule has 7 nitrogen and oxygen atoms in total. The molecule has 0 spiro atoms. The molecule has 0 saturated carbocycles. The number of carbonyl (C=O) groups excluding carboxylic acids is 1. The SMILES string of the molecule is O=C(NCCn1cccc1)c1cc(Cl)ncc1[N+](=O)[O-]. The summed E-state index contributed by atoms with van der Waals surface area (Å²) in [5.41, 5.74) is -0.463. The summed E-state index contributed by atoms with van der Waals surface area (Å²) in [6, 6.07) is 4.93. The van der Waals surface area contributed by atoms with Gasteiger partial charge in [0, 0.05) is 25.5 Å². The second kappa shape index (κ2) is 6.16. The summed E-state index contributed by atoms with van der Waals surface area (Å²) in [7, 11) is 0. The Kier molecular flexibility index (Phi) is 4.31. The summed E-state index contributed by atoms with van der Waals surface area (Å²) in [6.07, 6.45) is 4.69. The summed E-state index contributed by atoms with van der Waals surface area (Å²) in [5.74, 6) is -0.548. The number of rotatable bonds is 5. The highest BCUT2D eigenvalue weighted by molar-refractivity contribution is 6.29. The van der Waals surface area contributed by atoms with E-state index in [2.05, 4.69) is 10.3 Å². The van der Waals surface area contributed by atoms with Gasteiger partial charge in [0.2, 0.25) is 0 Å². The Bertz CT molecular complexity index is 628. The van der Waals surface area contributed by atoms with E-state index in [1.807, 2.05) is 29.1 Å². The van der Waals surface area contributed by atoms with E-state index >= 15 is 0 Å². The van der Waals surface area contributed by atoms with Crippen LogP contribution in [0, 0.1) is 10.1 Å². The Morgan fingerprint density at radius 2 is 2.15 bits per heavy atom. The molecule has 2 heterocycles. The summed E-state index contributed by atoms with van der Waals surface area (Å²) in [4.78, 5) is 25.7. The average molecular weight is 295 g/mol. The van der Waals surface area contributed by atoms with Crippen molar-refractivity contribution < 1.29 is 9.72 Å². The van der Waals surface area contributed by atoms with Gasteiger partial charge in [0.1, 0.15) is 16.9 Å². The Morgan fingerprint density at radius 3 is 2.80 bits per heavy atom. The van der Waals surface area contributed by atoms with Gasteiger partial charge in [-0.25, -0.2) is 4.98 Å². The Morgan fingerprint density at radius 1 is 1.45 bits per heavy atom. The maximum atomic E-state index is 11.9. The molecule has 2 rings (SSSR count). The molecule has 0 aliphatic rings. The molecule has 2 aromatic rings. The van der Waals surface area contributed by atoms with E-state index in [4.69, 9.17) is 11.6 Å². The van der Waals surface area contributed by atoms with Gasteiger partial charge in [0.25, 0.3) is 11.6 Å². The van der Waals surface area contributed by atoms with Crippen LogP contribution < -0.4 is 5.32 Å². The quantitative estimate of drug-likeness (QED) is 0.518. The van der Waals surface area contributed by atoms with Crippen LogP contribution in [0.3, 0.4) is 0 Å². The van der Waals surface area contributed by atoms with Crippen molar-refractivity contribution in [3.8, 4) is 0 Å². The van der Waals surface area contributed by atoms with Crippen LogP contribution in [0.4, 0.5) is 5.69 Å². The lowest BCUT2D eigenvalue weighted by atomic mass is 10.2. The van der Waals surface area contributed by atoms with Crippen LogP contribution in [-0.2, 0) is 6.54 Å². The molecule has 0 bridgehead atoms. The molecule has 0 aromatic carbocycles. The lowest BCUT2D eigenvalue weighted by Gasteiger charge is -2.06. The van der Waals surface area contributed by atoms with E-state index in [1.54, 1.807) is 0 Å². The van der Waals surface area contributed by atoms with E-state index in [1.165, 1.54) is 6.07 Å². The van der Waals surface area contributed by atoms with Crippen molar-refractivity contribution in [1.29, 1.82) is 0 Å². The molecule has 0 unspecified atom stereocenters. The molecule has 2 aromatic heterocycles. The summed E-state index contributed by atoms with van der Waals surface area (Å²) in [6.45, 7) is 0.927. The second-order valence-corrected chi connectivity index (χ2v) is 4.35. The van der Waals surface area contributed by atoms with E-state index in [-0.39, 0.29) is 16.4 Å². The predicted molar refractivity (Wildman–Crippen MR) is 72.7 cm³/mol. The van der Waals surface area contributed by atoms with Crippen LogP contribution in [0.1, 0.15) is 10.4 Å². The third kappa shape index (κ3) is 3.33. The van der Waals surface area contributed by atoms with E-state index in [0.717, 1.165) is 6.20 Å². The number of nitro groups is 1. The molecule has 1 amide bonds. The first kappa shape index (κ1) is 14.0. The Hall–Kier alpha value is -2.41. The van der Waals surface area contributed by atoms with Crippen molar-refractivity contribution in [1.82, 2.24) is 14.9 Å². The molecule has 20 heavy (non-hydrogen) atoms. The molecule has 0 aliphatic carbocycles. The van der Waals surface area contributed by atoms with Crippen molar-refractivity contribution in [2.45, 2.75) is 6.54 Å². The molecule has 0 radical (unpaired) electrons. The second-order valence-electron chi connectivity index (χ2n) is 3.96. The number of hydrogen-bond acceptors (Lipinski definition) is 4. The van der Waals surface area contributed by atoms with Gasteiger partial charge in [0.05, 0.1) is 4.92 Å². The largest absolute Gasteiger partial charge is 0.353 e. The lowest BCUT2D eigenvalue weighted by Crippen LogP contribution is -2.27. The molecular formula is C12H11ClN4O3. The van der Waals surface area contributed by atoms with Crippen molar-refractivity contribution in [2.75, 3.05) is 6.54 Å². The summed E-state index contributed by atoms with van der Waals surface area (Å²) < 4.78 is 1.88. The van der Waals surface area contributed by atoms with Crippen LogP contribution in [0.2, 0.25) is 5.15 Å². The number of pyridine rings is 1. The van der Waals surface area contributed by atoms with Gasteiger partial charge in [-0.3, -0.25) is 14.9 Å². The number of amides is 1. The van der Waals surface area contributed by atoms with Gasteiger partial charge in [-0.1, -0.05) is 11.6 Å². The summed E-state index contributed by atoms with van der Waals surface area (Å²) >= 11 is 5.66. The highest BCUT2D eigenvalue weighted by atomic mass is 35.5. The smallest absolute Gasteiger partial charge is 0.300 e. The van der Waals surface area contributed by atoms with Crippen molar-refractivity contribution in [2.24, 2.45) is 0 Å². The minimum atomic E-state index is -0.663. The van der Waals surface area contributed by atoms with E-state index < -0.39 is 10.8 Å². The van der Waals surface area contributed by atoms with Gasteiger partial charge in [-0.2, -0.15) is 0 Å². The number of hydrogen-bond donors (Lipinski definition) is 1. The van der Waals surface area contributed by atoms with Crippen molar-refractivity contribution >= 4 is 23.2 Å². The molecular weight excluding hydrogens is 284 g/mol. The monoisotopic (exact) mass is 294 g/mol. The Labute approximate surface area is 119 Å². The molecule has 104 valence electrons. The average Bonchev–Trinajstić information content (AvgIpc) is 2.91. The van der Waals surface area contributed by atoms with E-state index in [9.17, 15) is 14.9 Å². The van der Waals surface area contributed by atoms with Crippen LogP contribution in [0.25, 0.3) is 0 Å². The summed E-state index contributed by atoms with van der Waals surface area (Å²) in [5, 5.41) is 13.5. The lowest BCUT2D eigenvalue weighted by molar-refractivity contribution is -0.385.